The molecule has 0 aliphatic carbocycles. The highest BCUT2D eigenvalue weighted by atomic mass is 16.5. The van der Waals surface area contributed by atoms with Crippen LogP contribution in [0.2, 0.25) is 0 Å². The van der Waals surface area contributed by atoms with E-state index in [1.807, 2.05) is 0 Å². The van der Waals surface area contributed by atoms with E-state index in [1.54, 1.807) is 43.4 Å². The molecule has 2 amide bonds. The largest absolute Gasteiger partial charge is 0.508 e. The number of nitrogens with zero attached hydrogens (tertiary/aromatic N) is 1. The number of fused-ring (bicyclic) bond motifs is 1. The van der Waals surface area contributed by atoms with Crippen LogP contribution in [0, 0.1) is 11.8 Å². The van der Waals surface area contributed by atoms with Gasteiger partial charge in [0.2, 0.25) is 17.4 Å². The number of esters is 1. The van der Waals surface area contributed by atoms with E-state index in [1.165, 1.54) is 23.3 Å². The van der Waals surface area contributed by atoms with Crippen molar-refractivity contribution in [2.24, 2.45) is 11.8 Å². The summed E-state index contributed by atoms with van der Waals surface area (Å²) >= 11 is 0. The standard InChI is InChI=1S/C22H24N2O6/c1-3-24-19(26)16-17(20(24)27)22(21(28)29-4-2,12-13-7-9-14(25)10-8-13)23-18(16)15-6-5-11-30-15/h5-11,16-18,23,25H,3-4,12H2,1-2H3/p+1/t16-,17+,18-,22-/m1/s1. The third kappa shape index (κ3) is 2.99. The fourth-order valence-electron chi connectivity index (χ4n) is 4.89. The molecule has 2 fully saturated rings. The lowest BCUT2D eigenvalue weighted by Crippen LogP contribution is -2.98. The SMILES string of the molecule is CCOC(=O)[C@]1(Cc2ccc(O)cc2)[NH2+][C@H](c2ccco2)[C@@H]2C(=O)N(CC)C(=O)[C@H]21. The molecule has 2 aliphatic heterocycles. The molecule has 1 aromatic heterocycles. The molecule has 2 aromatic rings. The number of amides is 2. The van der Waals surface area contributed by atoms with Gasteiger partial charge in [0, 0.05) is 13.0 Å². The van der Waals surface area contributed by atoms with Gasteiger partial charge in [0.15, 0.2) is 11.8 Å². The fraction of sp³-hybridized carbons (Fsp3) is 0.409. The number of ether oxygens (including phenoxy) is 1. The van der Waals surface area contributed by atoms with Crippen molar-refractivity contribution in [1.29, 1.82) is 0 Å². The Labute approximate surface area is 173 Å². The van der Waals surface area contributed by atoms with Crippen molar-refractivity contribution in [2.75, 3.05) is 13.2 Å². The van der Waals surface area contributed by atoms with Gasteiger partial charge in [0.25, 0.3) is 0 Å². The number of benzene rings is 1. The van der Waals surface area contributed by atoms with Gasteiger partial charge in [-0.25, -0.2) is 4.79 Å². The molecule has 158 valence electrons. The number of phenols is 1. The number of phenolic OH excluding ortho intramolecular Hbond substituents is 1. The summed E-state index contributed by atoms with van der Waals surface area (Å²) < 4.78 is 11.0. The summed E-state index contributed by atoms with van der Waals surface area (Å²) in [5.74, 6) is -2.11. The number of nitrogens with two attached hydrogens (primary N) is 1. The summed E-state index contributed by atoms with van der Waals surface area (Å²) in [5.41, 5.74) is -0.558. The van der Waals surface area contributed by atoms with Crippen LogP contribution in [-0.2, 0) is 25.5 Å². The minimum atomic E-state index is -1.31. The molecule has 2 saturated heterocycles. The Balaban J connectivity index is 1.84. The summed E-state index contributed by atoms with van der Waals surface area (Å²) in [6.07, 6.45) is 1.70. The first-order valence-electron chi connectivity index (χ1n) is 10.1. The number of carbonyl (C=O) groups excluding carboxylic acids is 3. The maximum atomic E-state index is 13.3. The summed E-state index contributed by atoms with van der Waals surface area (Å²) in [4.78, 5) is 41.0. The van der Waals surface area contributed by atoms with Gasteiger partial charge in [0.1, 0.15) is 17.6 Å². The lowest BCUT2D eigenvalue weighted by Gasteiger charge is -2.29. The highest BCUT2D eigenvalue weighted by Gasteiger charge is 2.72. The van der Waals surface area contributed by atoms with E-state index in [-0.39, 0.29) is 37.1 Å². The van der Waals surface area contributed by atoms with Crippen molar-refractivity contribution in [2.45, 2.75) is 31.8 Å². The summed E-state index contributed by atoms with van der Waals surface area (Å²) in [7, 11) is 0. The van der Waals surface area contributed by atoms with Gasteiger partial charge in [-0.05, 0) is 43.7 Å². The van der Waals surface area contributed by atoms with Gasteiger partial charge >= 0.3 is 5.97 Å². The molecule has 0 radical (unpaired) electrons. The second kappa shape index (κ2) is 7.60. The fourth-order valence-corrected chi connectivity index (χ4v) is 4.89. The third-order valence-electron chi connectivity index (χ3n) is 6.14. The van der Waals surface area contributed by atoms with E-state index >= 15 is 0 Å². The molecule has 8 nitrogen and oxygen atoms in total. The third-order valence-corrected chi connectivity index (χ3v) is 6.14. The van der Waals surface area contributed by atoms with Crippen LogP contribution in [0.4, 0.5) is 0 Å². The molecule has 0 unspecified atom stereocenters. The monoisotopic (exact) mass is 413 g/mol. The topological polar surface area (TPSA) is 114 Å². The maximum Gasteiger partial charge on any atom is 0.369 e. The Hall–Kier alpha value is -3.13. The molecular weight excluding hydrogens is 388 g/mol. The van der Waals surface area contributed by atoms with Crippen LogP contribution in [0.1, 0.15) is 31.2 Å². The zero-order valence-electron chi connectivity index (χ0n) is 16.9. The smallest absolute Gasteiger partial charge is 0.369 e. The van der Waals surface area contributed by atoms with E-state index in [9.17, 15) is 19.5 Å². The molecule has 0 bridgehead atoms. The molecular formula is C22H25N2O6+. The molecule has 4 atom stereocenters. The number of aromatic hydroxyl groups is 1. The number of imide groups is 1. The van der Waals surface area contributed by atoms with E-state index in [0.717, 1.165) is 5.56 Å². The van der Waals surface area contributed by atoms with Crippen molar-refractivity contribution in [3.8, 4) is 5.75 Å². The second-order valence-corrected chi connectivity index (χ2v) is 7.74. The van der Waals surface area contributed by atoms with Gasteiger partial charge in [-0.3, -0.25) is 14.5 Å². The predicted molar refractivity (Wildman–Crippen MR) is 104 cm³/mol. The van der Waals surface area contributed by atoms with Crippen molar-refractivity contribution in [3.63, 3.8) is 0 Å². The minimum absolute atomic E-state index is 0.106. The molecule has 3 heterocycles. The van der Waals surface area contributed by atoms with Crippen LogP contribution >= 0.6 is 0 Å². The van der Waals surface area contributed by atoms with Gasteiger partial charge in [-0.15, -0.1) is 0 Å². The Morgan fingerprint density at radius 3 is 2.53 bits per heavy atom. The Kier molecular flexibility index (Phi) is 5.11. The summed E-state index contributed by atoms with van der Waals surface area (Å²) in [6.45, 7) is 3.86. The highest BCUT2D eigenvalue weighted by molar-refractivity contribution is 6.08. The number of hydrogen-bond donors (Lipinski definition) is 2. The first-order chi connectivity index (χ1) is 14.4. The van der Waals surface area contributed by atoms with Crippen molar-refractivity contribution < 1.29 is 34.0 Å². The summed E-state index contributed by atoms with van der Waals surface area (Å²) in [6, 6.07) is 9.44. The number of rotatable bonds is 6. The zero-order chi connectivity index (χ0) is 21.5. The average molecular weight is 413 g/mol. The molecule has 8 heteroatoms. The van der Waals surface area contributed by atoms with Gasteiger partial charge in [-0.2, -0.15) is 0 Å². The number of carbonyl (C=O) groups is 3. The van der Waals surface area contributed by atoms with Crippen molar-refractivity contribution in [1.82, 2.24) is 4.90 Å². The summed E-state index contributed by atoms with van der Waals surface area (Å²) in [5, 5.41) is 11.4. The first-order valence-corrected chi connectivity index (χ1v) is 10.1. The van der Waals surface area contributed by atoms with Crippen LogP contribution in [0.25, 0.3) is 0 Å². The molecule has 0 spiro atoms. The van der Waals surface area contributed by atoms with E-state index in [0.29, 0.717) is 5.76 Å². The van der Waals surface area contributed by atoms with Gasteiger partial charge in [-0.1, -0.05) is 12.1 Å². The van der Waals surface area contributed by atoms with E-state index in [2.05, 4.69) is 0 Å². The number of hydrogen-bond acceptors (Lipinski definition) is 6. The highest BCUT2D eigenvalue weighted by Crippen LogP contribution is 2.45. The number of likely N-dealkylation sites (tertiary alicyclic amines) is 1. The molecule has 4 rings (SSSR count). The lowest BCUT2D eigenvalue weighted by atomic mass is 9.76. The minimum Gasteiger partial charge on any atom is -0.508 e. The number of furan rings is 1. The molecule has 30 heavy (non-hydrogen) atoms. The second-order valence-electron chi connectivity index (χ2n) is 7.74. The van der Waals surface area contributed by atoms with Gasteiger partial charge < -0.3 is 19.6 Å². The van der Waals surface area contributed by atoms with Crippen molar-refractivity contribution in [3.05, 3.63) is 54.0 Å². The van der Waals surface area contributed by atoms with Crippen LogP contribution < -0.4 is 5.32 Å². The Bertz CT molecular complexity index is 955. The van der Waals surface area contributed by atoms with Crippen LogP contribution in [0.5, 0.6) is 5.75 Å². The van der Waals surface area contributed by atoms with Crippen molar-refractivity contribution >= 4 is 17.8 Å². The molecule has 0 saturated carbocycles. The number of quaternary nitrogens is 1. The Morgan fingerprint density at radius 1 is 1.20 bits per heavy atom. The average Bonchev–Trinajstić information content (AvgIpc) is 3.42. The van der Waals surface area contributed by atoms with Crippen LogP contribution in [0.3, 0.4) is 0 Å². The molecule has 1 aromatic carbocycles. The van der Waals surface area contributed by atoms with Crippen LogP contribution in [0.15, 0.2) is 47.1 Å². The van der Waals surface area contributed by atoms with E-state index < -0.39 is 29.4 Å². The maximum absolute atomic E-state index is 13.3. The quantitative estimate of drug-likeness (QED) is 0.534. The van der Waals surface area contributed by atoms with Gasteiger partial charge in [0.05, 0.1) is 12.9 Å². The van der Waals surface area contributed by atoms with Crippen LogP contribution in [-0.4, -0.2) is 46.5 Å². The van der Waals surface area contributed by atoms with E-state index in [4.69, 9.17) is 9.15 Å². The Morgan fingerprint density at radius 2 is 1.93 bits per heavy atom. The predicted octanol–water partition coefficient (Wildman–Crippen LogP) is 0.769. The normalized spacial score (nSPS) is 28.1. The molecule has 3 N–H and O–H groups in total. The lowest BCUT2D eigenvalue weighted by molar-refractivity contribution is -0.735. The first kappa shape index (κ1) is 20.2. The zero-order valence-corrected chi connectivity index (χ0v) is 16.9. The molecule has 2 aliphatic rings.